The van der Waals surface area contributed by atoms with Gasteiger partial charge < -0.3 is 15.3 Å². The first-order chi connectivity index (χ1) is 11.8. The maximum atomic E-state index is 10.9. The molecular weight excluding hydrogens is 332 g/mol. The molecule has 1 heterocycles. The number of carbonyl (C=O) groups is 3. The van der Waals surface area contributed by atoms with Crippen molar-refractivity contribution in [1.82, 2.24) is 19.6 Å². The maximum absolute atomic E-state index is 10.9. The molecule has 0 aromatic rings. The van der Waals surface area contributed by atoms with Gasteiger partial charge in [0.25, 0.3) is 0 Å². The van der Waals surface area contributed by atoms with Crippen molar-refractivity contribution in [1.29, 1.82) is 0 Å². The number of carboxylic acid groups (broad SMARTS) is 3. The molecule has 0 aromatic carbocycles. The van der Waals surface area contributed by atoms with Crippen molar-refractivity contribution in [3.8, 4) is 0 Å². The summed E-state index contributed by atoms with van der Waals surface area (Å²) in [6.07, 6.45) is 0. The van der Waals surface area contributed by atoms with Crippen LogP contribution < -0.4 is 0 Å². The lowest BCUT2D eigenvalue weighted by molar-refractivity contribution is -0.142. The average Bonchev–Trinajstić information content (AvgIpc) is 2.56. The van der Waals surface area contributed by atoms with Crippen molar-refractivity contribution >= 4 is 17.9 Å². The monoisotopic (exact) mass is 358 g/mol. The Bertz CT molecular complexity index is 445. The molecule has 0 unspecified atom stereocenters. The Morgan fingerprint density at radius 3 is 1.80 bits per heavy atom. The molecule has 1 aliphatic rings. The summed E-state index contributed by atoms with van der Waals surface area (Å²) in [4.78, 5) is 39.4. The van der Waals surface area contributed by atoms with E-state index >= 15 is 0 Å². The molecule has 0 spiro atoms. The molecule has 10 heteroatoms. The molecule has 142 valence electrons. The minimum absolute atomic E-state index is 0.0637. The smallest absolute Gasteiger partial charge is 0.317 e. The second-order valence-electron chi connectivity index (χ2n) is 6.05. The van der Waals surface area contributed by atoms with Crippen LogP contribution in [0.3, 0.4) is 0 Å². The normalized spacial score (nSPS) is 18.5. The molecule has 0 aliphatic carbocycles. The van der Waals surface area contributed by atoms with Crippen molar-refractivity contribution in [3.05, 3.63) is 7.05 Å². The third-order valence-electron chi connectivity index (χ3n) is 3.95. The Kier molecular flexibility index (Phi) is 9.35. The van der Waals surface area contributed by atoms with E-state index < -0.39 is 17.9 Å². The van der Waals surface area contributed by atoms with Crippen LogP contribution >= 0.6 is 0 Å². The Balaban J connectivity index is 2.58. The third kappa shape index (κ3) is 9.97. The molecule has 1 rings (SSSR count). The van der Waals surface area contributed by atoms with E-state index in [4.69, 9.17) is 22.4 Å². The molecular formula is C15H26N4O6. The van der Waals surface area contributed by atoms with Gasteiger partial charge in [0.05, 0.1) is 19.6 Å². The highest BCUT2D eigenvalue weighted by molar-refractivity contribution is 5.72. The molecule has 0 aromatic heterocycles. The van der Waals surface area contributed by atoms with E-state index in [9.17, 15) is 14.4 Å². The van der Waals surface area contributed by atoms with Gasteiger partial charge in [-0.05, 0) is 0 Å². The van der Waals surface area contributed by atoms with Crippen molar-refractivity contribution < 1.29 is 29.7 Å². The lowest BCUT2D eigenvalue weighted by Gasteiger charge is -2.27. The van der Waals surface area contributed by atoms with E-state index in [1.165, 1.54) is 4.90 Å². The Hall–Kier alpha value is -1.75. The van der Waals surface area contributed by atoms with Gasteiger partial charge in [0.1, 0.15) is 0 Å². The van der Waals surface area contributed by atoms with Crippen molar-refractivity contribution in [3.63, 3.8) is 0 Å². The Morgan fingerprint density at radius 2 is 1.28 bits per heavy atom. The SMILES string of the molecule is [CH]N1CCN(CCN(CC(=O)O)CC(=O)O)CCN(CC(=O)O)CC1. The quantitative estimate of drug-likeness (QED) is 0.432. The first kappa shape index (κ1) is 21.3. The fraction of sp³-hybridized carbons (Fsp3) is 0.733. The molecule has 0 bridgehead atoms. The van der Waals surface area contributed by atoms with E-state index in [1.807, 2.05) is 4.90 Å². The zero-order valence-electron chi connectivity index (χ0n) is 14.2. The summed E-state index contributed by atoms with van der Waals surface area (Å²) in [5, 5.41) is 26.7. The summed E-state index contributed by atoms with van der Waals surface area (Å²) < 4.78 is 0. The zero-order valence-corrected chi connectivity index (χ0v) is 14.2. The summed E-state index contributed by atoms with van der Waals surface area (Å²) >= 11 is 0. The van der Waals surface area contributed by atoms with Crippen LogP contribution in [0.15, 0.2) is 0 Å². The number of aliphatic carboxylic acids is 3. The fourth-order valence-corrected chi connectivity index (χ4v) is 2.61. The minimum atomic E-state index is -1.08. The summed E-state index contributed by atoms with van der Waals surface area (Å²) in [7, 11) is 5.88. The van der Waals surface area contributed by atoms with Gasteiger partial charge in [0.2, 0.25) is 0 Å². The van der Waals surface area contributed by atoms with Crippen LogP contribution in [0.4, 0.5) is 0 Å². The lowest BCUT2D eigenvalue weighted by Crippen LogP contribution is -2.43. The third-order valence-corrected chi connectivity index (χ3v) is 3.95. The van der Waals surface area contributed by atoms with Crippen LogP contribution in [-0.4, -0.2) is 125 Å². The highest BCUT2D eigenvalue weighted by Crippen LogP contribution is 2.01. The molecule has 3 N–H and O–H groups in total. The van der Waals surface area contributed by atoms with Gasteiger partial charge in [0.15, 0.2) is 0 Å². The summed E-state index contributed by atoms with van der Waals surface area (Å²) in [5.74, 6) is -3.05. The van der Waals surface area contributed by atoms with E-state index in [-0.39, 0.29) is 19.6 Å². The lowest BCUT2D eigenvalue weighted by atomic mass is 10.3. The number of nitrogens with zero attached hydrogens (tertiary/aromatic N) is 4. The molecule has 0 saturated carbocycles. The van der Waals surface area contributed by atoms with Gasteiger partial charge in [-0.15, -0.1) is 0 Å². The van der Waals surface area contributed by atoms with Crippen LogP contribution in [0.1, 0.15) is 0 Å². The molecule has 0 atom stereocenters. The molecule has 1 aliphatic heterocycles. The van der Waals surface area contributed by atoms with Crippen molar-refractivity contribution in [2.24, 2.45) is 0 Å². The van der Waals surface area contributed by atoms with Crippen molar-refractivity contribution in [2.45, 2.75) is 0 Å². The van der Waals surface area contributed by atoms with E-state index in [0.717, 1.165) is 0 Å². The fourth-order valence-electron chi connectivity index (χ4n) is 2.61. The highest BCUT2D eigenvalue weighted by atomic mass is 16.4. The van der Waals surface area contributed by atoms with Crippen LogP contribution in [0.2, 0.25) is 0 Å². The van der Waals surface area contributed by atoms with Gasteiger partial charge in [-0.1, -0.05) is 0 Å². The number of carboxylic acids is 3. The van der Waals surface area contributed by atoms with Gasteiger partial charge in [-0.25, -0.2) is 0 Å². The molecule has 0 amide bonds. The van der Waals surface area contributed by atoms with Crippen molar-refractivity contribution in [2.75, 3.05) is 72.0 Å². The standard InChI is InChI=1S/C15H26N4O6/c1-16-2-4-17(6-8-18(5-3-16)10-13(20)21)7-9-19(11-14(22)23)12-15(24)25/h1H,2-12H2,(H,20,21)(H,22,23)(H,24,25). The van der Waals surface area contributed by atoms with Crippen LogP contribution in [-0.2, 0) is 14.4 Å². The topological polar surface area (TPSA) is 125 Å². The number of rotatable bonds is 9. The zero-order chi connectivity index (χ0) is 18.8. The second kappa shape index (κ2) is 11.0. The number of hydrogen-bond donors (Lipinski definition) is 3. The van der Waals surface area contributed by atoms with Gasteiger partial charge >= 0.3 is 17.9 Å². The molecule has 1 fully saturated rings. The van der Waals surface area contributed by atoms with Gasteiger partial charge in [0, 0.05) is 59.4 Å². The molecule has 25 heavy (non-hydrogen) atoms. The summed E-state index contributed by atoms with van der Waals surface area (Å²) in [6, 6.07) is 0. The highest BCUT2D eigenvalue weighted by Gasteiger charge is 2.18. The number of hydrogen-bond acceptors (Lipinski definition) is 7. The molecule has 10 nitrogen and oxygen atoms in total. The van der Waals surface area contributed by atoms with Gasteiger partial charge in [-0.2, -0.15) is 0 Å². The maximum Gasteiger partial charge on any atom is 0.317 e. The summed E-state index contributed by atoms with van der Waals surface area (Å²) in [6.45, 7) is 3.55. The van der Waals surface area contributed by atoms with Crippen LogP contribution in [0, 0.1) is 7.05 Å². The van der Waals surface area contributed by atoms with E-state index in [0.29, 0.717) is 52.4 Å². The molecule has 1 saturated heterocycles. The summed E-state index contributed by atoms with van der Waals surface area (Å²) in [5.41, 5.74) is 0. The van der Waals surface area contributed by atoms with E-state index in [2.05, 4.69) is 0 Å². The van der Waals surface area contributed by atoms with E-state index in [1.54, 1.807) is 9.80 Å². The second-order valence-corrected chi connectivity index (χ2v) is 6.05. The van der Waals surface area contributed by atoms with Crippen LogP contribution in [0.5, 0.6) is 0 Å². The van der Waals surface area contributed by atoms with Crippen LogP contribution in [0.25, 0.3) is 0 Å². The minimum Gasteiger partial charge on any atom is -0.480 e. The predicted octanol–water partition coefficient (Wildman–Crippen LogP) is -1.87. The predicted molar refractivity (Wildman–Crippen MR) is 88.1 cm³/mol. The largest absolute Gasteiger partial charge is 0.480 e. The average molecular weight is 358 g/mol. The Labute approximate surface area is 147 Å². The molecule has 2 radical (unpaired) electrons. The first-order valence-corrected chi connectivity index (χ1v) is 8.08. The Morgan fingerprint density at radius 1 is 0.800 bits per heavy atom. The van der Waals surface area contributed by atoms with Gasteiger partial charge in [-0.3, -0.25) is 34.0 Å². The first-order valence-electron chi connectivity index (χ1n) is 8.08.